The number of unbranched alkanes of at least 4 members (excludes halogenated alkanes) is 1. The molecule has 0 radical (unpaired) electrons. The second-order valence-electron chi connectivity index (χ2n) is 9.50. The van der Waals surface area contributed by atoms with Crippen molar-refractivity contribution in [3.05, 3.63) is 76.0 Å². The number of aliphatic imine (C=N–C) groups is 1. The highest BCUT2D eigenvalue weighted by Gasteiger charge is 2.44. The number of rotatable bonds is 15. The molecule has 0 fully saturated rings. The van der Waals surface area contributed by atoms with Gasteiger partial charge in [-0.3, -0.25) is 19.9 Å². The molecule has 12 nitrogen and oxygen atoms in total. The Morgan fingerprint density at radius 2 is 1.86 bits per heavy atom. The van der Waals surface area contributed by atoms with Crippen LogP contribution in [0.15, 0.2) is 65.3 Å². The Labute approximate surface area is 243 Å². The number of nitrogens with one attached hydrogen (secondary N) is 1. The summed E-state index contributed by atoms with van der Waals surface area (Å²) < 4.78 is 53.4. The van der Waals surface area contributed by atoms with Gasteiger partial charge in [0.15, 0.2) is 0 Å². The van der Waals surface area contributed by atoms with E-state index in [4.69, 9.17) is 9.47 Å². The maximum absolute atomic E-state index is 12.9. The third kappa shape index (κ3) is 9.78. The van der Waals surface area contributed by atoms with Crippen molar-refractivity contribution in [3.63, 3.8) is 0 Å². The van der Waals surface area contributed by atoms with Crippen LogP contribution in [0.1, 0.15) is 31.2 Å². The van der Waals surface area contributed by atoms with Gasteiger partial charge in [0.2, 0.25) is 0 Å². The zero-order valence-electron chi connectivity index (χ0n) is 23.0. The van der Waals surface area contributed by atoms with E-state index >= 15 is 0 Å². The van der Waals surface area contributed by atoms with Gasteiger partial charge >= 0.3 is 18.3 Å². The van der Waals surface area contributed by atoms with Gasteiger partial charge in [-0.2, -0.15) is 0 Å². The molecule has 0 saturated heterocycles. The molecule has 232 valence electrons. The van der Waals surface area contributed by atoms with Crippen molar-refractivity contribution in [2.45, 2.75) is 38.1 Å². The number of alkyl halides is 3. The summed E-state index contributed by atoms with van der Waals surface area (Å²) in [5.41, 5.74) is -1.46. The van der Waals surface area contributed by atoms with Crippen molar-refractivity contribution in [1.29, 1.82) is 0 Å². The van der Waals surface area contributed by atoms with E-state index in [1.807, 2.05) is 18.2 Å². The number of para-hydroxylation sites is 1. The zero-order chi connectivity index (χ0) is 31.6. The van der Waals surface area contributed by atoms with E-state index in [1.54, 1.807) is 12.1 Å². The number of benzene rings is 2. The van der Waals surface area contributed by atoms with Crippen LogP contribution in [0.2, 0.25) is 0 Å². The van der Waals surface area contributed by atoms with Crippen LogP contribution in [0.5, 0.6) is 11.5 Å². The first-order chi connectivity index (χ1) is 20.4. The fourth-order valence-corrected chi connectivity index (χ4v) is 4.36. The number of nitro groups is 1. The smallest absolute Gasteiger partial charge is 0.493 e. The summed E-state index contributed by atoms with van der Waals surface area (Å²) in [5.74, 6) is -6.08. The first-order valence-electron chi connectivity index (χ1n) is 13.1. The molecule has 2 aromatic carbocycles. The maximum Gasteiger partial charge on any atom is 0.575 e. The van der Waals surface area contributed by atoms with Gasteiger partial charge in [0, 0.05) is 42.1 Å². The standard InChI is InChI=1S/C28H30F3N3O9/c1-17-24(26(36)37)25(22(15-33-17)27(38)43-28(29,30)31)21-13-18(34(39)40)9-10-23(21)41-12-6-5-11-32-14-19(35)16-42-20-7-3-2-4-8-20/h2-4,7-10,13,15,19,24-25,32,35H,5-6,11-12,14,16H2,1H3,(H,36,37). The lowest BCUT2D eigenvalue weighted by molar-refractivity contribution is -0.385. The van der Waals surface area contributed by atoms with E-state index < -0.39 is 52.4 Å². The first-order valence-corrected chi connectivity index (χ1v) is 13.1. The van der Waals surface area contributed by atoms with Crippen molar-refractivity contribution >= 4 is 23.3 Å². The molecule has 15 heteroatoms. The number of carbonyl (C=O) groups is 2. The molecule has 0 spiro atoms. The third-order valence-corrected chi connectivity index (χ3v) is 6.35. The van der Waals surface area contributed by atoms with E-state index in [2.05, 4.69) is 15.0 Å². The molecule has 3 N–H and O–H groups in total. The van der Waals surface area contributed by atoms with Crippen LogP contribution in [0.3, 0.4) is 0 Å². The molecule has 2 aromatic rings. The lowest BCUT2D eigenvalue weighted by Gasteiger charge is -2.29. The quantitative estimate of drug-likeness (QED) is 0.116. The number of nitrogens with zero attached hydrogens (tertiary/aromatic N) is 2. The van der Waals surface area contributed by atoms with Crippen LogP contribution in [0.25, 0.3) is 0 Å². The zero-order valence-corrected chi connectivity index (χ0v) is 23.0. The number of halogens is 3. The molecule has 0 aliphatic carbocycles. The summed E-state index contributed by atoms with van der Waals surface area (Å²) >= 11 is 0. The molecule has 3 unspecified atom stereocenters. The van der Waals surface area contributed by atoms with Crippen LogP contribution >= 0.6 is 0 Å². The molecule has 0 saturated carbocycles. The fraction of sp³-hybridized carbons (Fsp3) is 0.393. The first kappa shape index (κ1) is 33.0. The molecule has 1 aliphatic rings. The van der Waals surface area contributed by atoms with E-state index in [1.165, 1.54) is 13.0 Å². The fourth-order valence-electron chi connectivity index (χ4n) is 4.36. The van der Waals surface area contributed by atoms with Gasteiger partial charge in [0.1, 0.15) is 30.1 Å². The van der Waals surface area contributed by atoms with Crippen LogP contribution in [0.4, 0.5) is 18.9 Å². The van der Waals surface area contributed by atoms with E-state index in [9.17, 15) is 43.1 Å². The SMILES string of the molecule is CC1=NC=C(C(=O)OC(F)(F)F)C(c2cc([N+](=O)[O-])ccc2OCCCCNCC(O)COc2ccccc2)C1C(=O)O. The predicted molar refractivity (Wildman–Crippen MR) is 146 cm³/mol. The second kappa shape index (κ2) is 15.1. The largest absolute Gasteiger partial charge is 0.575 e. The minimum absolute atomic E-state index is 0.0408. The van der Waals surface area contributed by atoms with Crippen LogP contribution < -0.4 is 14.8 Å². The van der Waals surface area contributed by atoms with Gasteiger partial charge in [-0.1, -0.05) is 18.2 Å². The lowest BCUT2D eigenvalue weighted by Crippen LogP contribution is -2.35. The van der Waals surface area contributed by atoms with E-state index in [0.29, 0.717) is 25.1 Å². The molecule has 0 aromatic heterocycles. The van der Waals surface area contributed by atoms with E-state index in [-0.39, 0.29) is 36.8 Å². The van der Waals surface area contributed by atoms with Crippen molar-refractivity contribution in [2.24, 2.45) is 10.9 Å². The number of carboxylic acids is 1. The third-order valence-electron chi connectivity index (χ3n) is 6.35. The molecule has 3 rings (SSSR count). The average Bonchev–Trinajstić information content (AvgIpc) is 2.94. The number of nitro benzene ring substituents is 1. The molecule has 1 aliphatic heterocycles. The Morgan fingerprint density at radius 1 is 1.14 bits per heavy atom. The van der Waals surface area contributed by atoms with Crippen LogP contribution in [-0.4, -0.2) is 71.6 Å². The van der Waals surface area contributed by atoms with Gasteiger partial charge in [-0.25, -0.2) is 4.79 Å². The number of hydrogen-bond donors (Lipinski definition) is 3. The Hall–Kier alpha value is -4.50. The summed E-state index contributed by atoms with van der Waals surface area (Å²) in [6.07, 6.45) is -4.33. The van der Waals surface area contributed by atoms with Gasteiger partial charge in [-0.15, -0.1) is 13.2 Å². The van der Waals surface area contributed by atoms with Crippen molar-refractivity contribution < 1.29 is 52.1 Å². The number of ether oxygens (including phenoxy) is 3. The highest BCUT2D eigenvalue weighted by molar-refractivity contribution is 6.06. The van der Waals surface area contributed by atoms with Gasteiger partial charge in [0.25, 0.3) is 5.69 Å². The number of non-ortho nitro benzene ring substituents is 1. The van der Waals surface area contributed by atoms with Gasteiger partial charge < -0.3 is 29.7 Å². The van der Waals surface area contributed by atoms with Gasteiger partial charge in [-0.05, 0) is 44.5 Å². The molecule has 0 amide bonds. The number of aliphatic carboxylic acids is 1. The maximum atomic E-state index is 12.9. The monoisotopic (exact) mass is 609 g/mol. The Bertz CT molecular complexity index is 1350. The minimum atomic E-state index is -5.36. The number of aliphatic hydroxyl groups is 1. The molecule has 43 heavy (non-hydrogen) atoms. The number of aliphatic hydroxyl groups excluding tert-OH is 1. The number of esters is 1. The lowest BCUT2D eigenvalue weighted by atomic mass is 9.76. The molecular formula is C28H30F3N3O9. The van der Waals surface area contributed by atoms with Crippen molar-refractivity contribution in [2.75, 3.05) is 26.3 Å². The molecule has 1 heterocycles. The summed E-state index contributed by atoms with van der Waals surface area (Å²) in [6, 6.07) is 12.3. The highest BCUT2D eigenvalue weighted by Crippen LogP contribution is 2.43. The minimum Gasteiger partial charge on any atom is -0.493 e. The van der Waals surface area contributed by atoms with Crippen LogP contribution in [0, 0.1) is 16.0 Å². The Balaban J connectivity index is 1.67. The Morgan fingerprint density at radius 3 is 2.51 bits per heavy atom. The second-order valence-corrected chi connectivity index (χ2v) is 9.50. The summed E-state index contributed by atoms with van der Waals surface area (Å²) in [5, 5.41) is 34.5. The highest BCUT2D eigenvalue weighted by atomic mass is 19.4. The predicted octanol–water partition coefficient (Wildman–Crippen LogP) is 3.99. The van der Waals surface area contributed by atoms with Gasteiger partial charge in [0.05, 0.1) is 17.1 Å². The van der Waals surface area contributed by atoms with Crippen molar-refractivity contribution in [3.8, 4) is 11.5 Å². The molecule has 0 bridgehead atoms. The number of hydrogen-bond acceptors (Lipinski definition) is 10. The summed E-state index contributed by atoms with van der Waals surface area (Å²) in [4.78, 5) is 39.1. The summed E-state index contributed by atoms with van der Waals surface area (Å²) in [7, 11) is 0. The number of carbonyl (C=O) groups excluding carboxylic acids is 1. The molecule has 3 atom stereocenters. The van der Waals surface area contributed by atoms with Crippen molar-refractivity contribution in [1.82, 2.24) is 5.32 Å². The normalized spacial score (nSPS) is 17.3. The number of carboxylic acid groups (broad SMARTS) is 1. The Kier molecular flexibility index (Phi) is 11.6. The topological polar surface area (TPSA) is 170 Å². The van der Waals surface area contributed by atoms with E-state index in [0.717, 1.165) is 18.3 Å². The van der Waals surface area contributed by atoms with Crippen LogP contribution in [-0.2, 0) is 14.3 Å². The molecular weight excluding hydrogens is 579 g/mol. The average molecular weight is 610 g/mol. The summed E-state index contributed by atoms with van der Waals surface area (Å²) in [6.45, 7) is 2.22.